The molecule has 0 saturated heterocycles. The molecule has 1 aromatic heterocycles. The molecule has 1 aromatic carbocycles. The maximum absolute atomic E-state index is 5.78. The van der Waals surface area contributed by atoms with Gasteiger partial charge in [0.05, 0.1) is 6.61 Å². The van der Waals surface area contributed by atoms with Crippen LogP contribution in [0, 0.1) is 0 Å². The quantitative estimate of drug-likeness (QED) is 0.779. The normalized spacial score (nSPS) is 18.2. The van der Waals surface area contributed by atoms with Crippen LogP contribution in [0.3, 0.4) is 0 Å². The molecule has 1 atom stereocenters. The summed E-state index contributed by atoms with van der Waals surface area (Å²) in [5, 5.41) is 1.22. The smallest absolute Gasteiger partial charge is 0.135 e. The van der Waals surface area contributed by atoms with Crippen LogP contribution in [0.25, 0.3) is 17.0 Å². The average molecular weight is 214 g/mol. The molecular formula is C14H14O2. The standard InChI is InChI=1S/C14H14O2/c1-2-15-9-10-7-8-13-14(10)11-5-3-4-6-12(11)16-13/h3-8,10H,2,9H2,1H3. The highest BCUT2D eigenvalue weighted by molar-refractivity contribution is 5.87. The first kappa shape index (κ1) is 9.67. The Bertz CT molecular complexity index is 537. The van der Waals surface area contributed by atoms with E-state index in [-0.39, 0.29) is 0 Å². The molecule has 1 aliphatic carbocycles. The molecule has 0 amide bonds. The summed E-state index contributed by atoms with van der Waals surface area (Å²) in [6.45, 7) is 3.52. The first-order chi connectivity index (χ1) is 7.90. The minimum Gasteiger partial charge on any atom is -0.456 e. The van der Waals surface area contributed by atoms with E-state index in [4.69, 9.17) is 9.15 Å². The molecule has 0 bridgehead atoms. The van der Waals surface area contributed by atoms with E-state index in [2.05, 4.69) is 18.2 Å². The summed E-state index contributed by atoms with van der Waals surface area (Å²) >= 11 is 0. The van der Waals surface area contributed by atoms with Gasteiger partial charge in [-0.15, -0.1) is 0 Å². The second-order valence-corrected chi connectivity index (χ2v) is 4.00. The Morgan fingerprint density at radius 1 is 1.31 bits per heavy atom. The molecule has 0 saturated carbocycles. The molecule has 0 N–H and O–H groups in total. The second-order valence-electron chi connectivity index (χ2n) is 4.00. The minimum absolute atomic E-state index is 0.346. The molecule has 0 fully saturated rings. The van der Waals surface area contributed by atoms with Gasteiger partial charge in [-0.1, -0.05) is 24.3 Å². The van der Waals surface area contributed by atoms with Crippen LogP contribution >= 0.6 is 0 Å². The predicted octanol–water partition coefficient (Wildman–Crippen LogP) is 3.58. The topological polar surface area (TPSA) is 22.4 Å². The number of hydrogen-bond donors (Lipinski definition) is 0. The summed E-state index contributed by atoms with van der Waals surface area (Å²) in [7, 11) is 0. The zero-order valence-electron chi connectivity index (χ0n) is 9.27. The Morgan fingerprint density at radius 3 is 3.06 bits per heavy atom. The van der Waals surface area contributed by atoms with Crippen LogP contribution in [-0.2, 0) is 4.74 Å². The zero-order chi connectivity index (χ0) is 11.0. The highest BCUT2D eigenvalue weighted by atomic mass is 16.5. The lowest BCUT2D eigenvalue weighted by Gasteiger charge is -2.08. The molecule has 1 heterocycles. The minimum atomic E-state index is 0.346. The van der Waals surface area contributed by atoms with Gasteiger partial charge in [-0.25, -0.2) is 0 Å². The second kappa shape index (κ2) is 3.80. The molecular weight excluding hydrogens is 200 g/mol. The van der Waals surface area contributed by atoms with E-state index in [1.165, 1.54) is 10.9 Å². The van der Waals surface area contributed by atoms with Crippen LogP contribution in [0.5, 0.6) is 0 Å². The predicted molar refractivity (Wildman–Crippen MR) is 64.5 cm³/mol. The number of para-hydroxylation sites is 1. The van der Waals surface area contributed by atoms with Gasteiger partial charge in [-0.3, -0.25) is 0 Å². The molecule has 0 aliphatic heterocycles. The van der Waals surface area contributed by atoms with Crippen LogP contribution in [0.2, 0.25) is 0 Å². The summed E-state index contributed by atoms with van der Waals surface area (Å²) in [4.78, 5) is 0. The Balaban J connectivity index is 2.05. The van der Waals surface area contributed by atoms with E-state index >= 15 is 0 Å². The molecule has 2 aromatic rings. The van der Waals surface area contributed by atoms with Gasteiger partial charge in [-0.05, 0) is 19.1 Å². The fraction of sp³-hybridized carbons (Fsp3) is 0.286. The number of benzene rings is 1. The summed E-state index contributed by atoms with van der Waals surface area (Å²) in [6, 6.07) is 8.18. The summed E-state index contributed by atoms with van der Waals surface area (Å²) < 4.78 is 11.3. The Hall–Kier alpha value is -1.54. The van der Waals surface area contributed by atoms with Gasteiger partial charge in [0.1, 0.15) is 11.3 Å². The molecule has 0 spiro atoms. The van der Waals surface area contributed by atoms with Crippen LogP contribution in [0.4, 0.5) is 0 Å². The van der Waals surface area contributed by atoms with Gasteiger partial charge in [0.2, 0.25) is 0 Å². The monoisotopic (exact) mass is 214 g/mol. The average Bonchev–Trinajstić information content (AvgIpc) is 2.85. The van der Waals surface area contributed by atoms with Crippen LogP contribution in [0.15, 0.2) is 34.8 Å². The lowest BCUT2D eigenvalue weighted by Crippen LogP contribution is -2.03. The van der Waals surface area contributed by atoms with Crippen LogP contribution in [-0.4, -0.2) is 13.2 Å². The Kier molecular flexibility index (Phi) is 2.29. The van der Waals surface area contributed by atoms with Gasteiger partial charge >= 0.3 is 0 Å². The van der Waals surface area contributed by atoms with Crippen molar-refractivity contribution in [1.29, 1.82) is 0 Å². The van der Waals surface area contributed by atoms with Crippen molar-refractivity contribution >= 4 is 17.0 Å². The van der Waals surface area contributed by atoms with Crippen molar-refractivity contribution < 1.29 is 9.15 Å². The number of fused-ring (bicyclic) bond motifs is 3. The van der Waals surface area contributed by atoms with Crippen molar-refractivity contribution in [2.45, 2.75) is 12.8 Å². The Labute approximate surface area is 94.5 Å². The summed E-state index contributed by atoms with van der Waals surface area (Å²) in [6.07, 6.45) is 4.22. The Morgan fingerprint density at radius 2 is 2.19 bits per heavy atom. The molecule has 82 valence electrons. The van der Waals surface area contributed by atoms with Crippen molar-refractivity contribution in [3.63, 3.8) is 0 Å². The lowest BCUT2D eigenvalue weighted by atomic mass is 10.0. The largest absolute Gasteiger partial charge is 0.456 e. The van der Waals surface area contributed by atoms with Crippen LogP contribution < -0.4 is 0 Å². The molecule has 16 heavy (non-hydrogen) atoms. The third-order valence-corrected chi connectivity index (χ3v) is 3.01. The fourth-order valence-electron chi connectivity index (χ4n) is 2.27. The third kappa shape index (κ3) is 1.38. The van der Waals surface area contributed by atoms with Gasteiger partial charge < -0.3 is 9.15 Å². The number of hydrogen-bond acceptors (Lipinski definition) is 2. The molecule has 3 rings (SSSR count). The summed E-state index contributed by atoms with van der Waals surface area (Å²) in [5.41, 5.74) is 2.25. The molecule has 1 aliphatic rings. The van der Waals surface area contributed by atoms with Gasteiger partial charge in [-0.2, -0.15) is 0 Å². The van der Waals surface area contributed by atoms with Crippen molar-refractivity contribution in [2.24, 2.45) is 0 Å². The molecule has 1 unspecified atom stereocenters. The van der Waals surface area contributed by atoms with Crippen molar-refractivity contribution in [3.05, 3.63) is 41.7 Å². The highest BCUT2D eigenvalue weighted by Crippen LogP contribution is 2.38. The lowest BCUT2D eigenvalue weighted by molar-refractivity contribution is 0.142. The molecule has 2 heteroatoms. The van der Waals surface area contributed by atoms with Crippen molar-refractivity contribution in [2.75, 3.05) is 13.2 Å². The first-order valence-electron chi connectivity index (χ1n) is 5.67. The molecule has 2 nitrogen and oxygen atoms in total. The van der Waals surface area contributed by atoms with Crippen molar-refractivity contribution in [1.82, 2.24) is 0 Å². The van der Waals surface area contributed by atoms with E-state index in [9.17, 15) is 0 Å². The summed E-state index contributed by atoms with van der Waals surface area (Å²) in [5.74, 6) is 1.34. The van der Waals surface area contributed by atoms with Gasteiger partial charge in [0, 0.05) is 23.5 Å². The zero-order valence-corrected chi connectivity index (χ0v) is 9.27. The van der Waals surface area contributed by atoms with E-state index in [0.717, 1.165) is 24.6 Å². The van der Waals surface area contributed by atoms with E-state index in [1.807, 2.05) is 25.1 Å². The van der Waals surface area contributed by atoms with Gasteiger partial charge in [0.15, 0.2) is 0 Å². The number of furan rings is 1. The fourth-order valence-corrected chi connectivity index (χ4v) is 2.27. The SMILES string of the molecule is CCOCC1C=Cc2oc3ccccc3c21. The third-order valence-electron chi connectivity index (χ3n) is 3.01. The maximum atomic E-state index is 5.78. The van der Waals surface area contributed by atoms with E-state index < -0.39 is 0 Å². The van der Waals surface area contributed by atoms with Crippen molar-refractivity contribution in [3.8, 4) is 0 Å². The van der Waals surface area contributed by atoms with E-state index in [0.29, 0.717) is 5.92 Å². The number of rotatable bonds is 3. The number of ether oxygens (including phenoxy) is 1. The van der Waals surface area contributed by atoms with Crippen LogP contribution in [0.1, 0.15) is 24.2 Å². The highest BCUT2D eigenvalue weighted by Gasteiger charge is 2.23. The van der Waals surface area contributed by atoms with E-state index in [1.54, 1.807) is 0 Å². The van der Waals surface area contributed by atoms with Gasteiger partial charge in [0.25, 0.3) is 0 Å². The molecule has 0 radical (unpaired) electrons. The first-order valence-corrected chi connectivity index (χ1v) is 5.67. The maximum Gasteiger partial charge on any atom is 0.135 e.